The average Bonchev–Trinajstić information content (AvgIpc) is 3.00. The number of hydrogen-bond donors (Lipinski definition) is 0. The van der Waals surface area contributed by atoms with Crippen molar-refractivity contribution in [1.82, 2.24) is 9.80 Å². The van der Waals surface area contributed by atoms with Crippen molar-refractivity contribution in [2.24, 2.45) is 0 Å². The number of nitrogens with zero attached hydrogens (tertiary/aromatic N) is 2. The first-order valence-corrected chi connectivity index (χ1v) is 10.00. The molecule has 0 aliphatic carbocycles. The van der Waals surface area contributed by atoms with Crippen LogP contribution in [0.4, 0.5) is 0 Å². The Morgan fingerprint density at radius 3 is 1.96 bits per heavy atom. The molecule has 2 amide bonds. The molecule has 28 heavy (non-hydrogen) atoms. The first-order valence-electron chi connectivity index (χ1n) is 10.00. The lowest BCUT2D eigenvalue weighted by Crippen LogP contribution is -2.37. The van der Waals surface area contributed by atoms with Gasteiger partial charge >= 0.3 is 0 Å². The van der Waals surface area contributed by atoms with E-state index < -0.39 is 0 Å². The maximum Gasteiger partial charge on any atom is 0.226 e. The van der Waals surface area contributed by atoms with Crippen molar-refractivity contribution in [3.8, 4) is 5.75 Å². The summed E-state index contributed by atoms with van der Waals surface area (Å²) < 4.78 is 5.62. The standard InChI is InChI=1S/C23H28N2O3/c26-22(13-12-20-8-3-1-4-9-20)24-15-7-16-25(18-17-24)23(27)14-19-28-21-10-5-2-6-11-21/h1-6,8-11H,7,12-19H2. The van der Waals surface area contributed by atoms with Gasteiger partial charge in [0, 0.05) is 32.6 Å². The molecule has 2 aromatic carbocycles. The van der Waals surface area contributed by atoms with Gasteiger partial charge in [-0.2, -0.15) is 0 Å². The van der Waals surface area contributed by atoms with Crippen molar-refractivity contribution in [3.63, 3.8) is 0 Å². The lowest BCUT2D eigenvalue weighted by molar-refractivity contribution is -0.133. The molecule has 1 heterocycles. The van der Waals surface area contributed by atoms with E-state index in [0.29, 0.717) is 39.1 Å². The van der Waals surface area contributed by atoms with Crippen LogP contribution in [0.5, 0.6) is 5.75 Å². The number of ether oxygens (including phenoxy) is 1. The maximum atomic E-state index is 12.5. The molecule has 0 saturated carbocycles. The zero-order valence-corrected chi connectivity index (χ0v) is 16.3. The molecule has 5 heteroatoms. The normalized spacial score (nSPS) is 14.4. The van der Waals surface area contributed by atoms with E-state index in [2.05, 4.69) is 0 Å². The molecule has 0 N–H and O–H groups in total. The number of rotatable bonds is 7. The molecule has 0 aromatic heterocycles. The van der Waals surface area contributed by atoms with Gasteiger partial charge in [0.1, 0.15) is 5.75 Å². The van der Waals surface area contributed by atoms with E-state index in [1.807, 2.05) is 70.5 Å². The van der Waals surface area contributed by atoms with Gasteiger partial charge in [-0.25, -0.2) is 0 Å². The van der Waals surface area contributed by atoms with Crippen LogP contribution in [0.1, 0.15) is 24.8 Å². The molecule has 0 radical (unpaired) electrons. The van der Waals surface area contributed by atoms with E-state index >= 15 is 0 Å². The number of hydrogen-bond acceptors (Lipinski definition) is 3. The van der Waals surface area contributed by atoms with Gasteiger partial charge in [0.25, 0.3) is 0 Å². The van der Waals surface area contributed by atoms with Crippen LogP contribution in [-0.4, -0.2) is 54.4 Å². The molecule has 2 aromatic rings. The number of aryl methyl sites for hydroxylation is 1. The van der Waals surface area contributed by atoms with Crippen LogP contribution in [0.15, 0.2) is 60.7 Å². The number of para-hydroxylation sites is 1. The van der Waals surface area contributed by atoms with Gasteiger partial charge in [-0.05, 0) is 30.5 Å². The highest BCUT2D eigenvalue weighted by atomic mass is 16.5. The summed E-state index contributed by atoms with van der Waals surface area (Å²) in [6, 6.07) is 19.6. The van der Waals surface area contributed by atoms with Crippen LogP contribution in [0.2, 0.25) is 0 Å². The Morgan fingerprint density at radius 2 is 1.32 bits per heavy atom. The molecule has 0 bridgehead atoms. The third-order valence-electron chi connectivity index (χ3n) is 5.00. The molecule has 1 aliphatic rings. The Bertz CT molecular complexity index is 749. The first kappa shape index (κ1) is 19.9. The topological polar surface area (TPSA) is 49.9 Å². The minimum Gasteiger partial charge on any atom is -0.493 e. The minimum absolute atomic E-state index is 0.0921. The van der Waals surface area contributed by atoms with E-state index in [0.717, 1.165) is 25.1 Å². The SMILES string of the molecule is O=C(CCOc1ccccc1)N1CCCN(C(=O)CCc2ccccc2)CC1. The zero-order chi connectivity index (χ0) is 19.6. The molecule has 3 rings (SSSR count). The first-order chi connectivity index (χ1) is 13.7. The molecule has 148 valence electrons. The molecule has 1 fully saturated rings. The molecule has 0 unspecified atom stereocenters. The quantitative estimate of drug-likeness (QED) is 0.741. The van der Waals surface area contributed by atoms with Crippen molar-refractivity contribution >= 4 is 11.8 Å². The lowest BCUT2D eigenvalue weighted by Gasteiger charge is -2.22. The fourth-order valence-corrected chi connectivity index (χ4v) is 3.40. The number of carbonyl (C=O) groups excluding carboxylic acids is 2. The second kappa shape index (κ2) is 10.5. The zero-order valence-electron chi connectivity index (χ0n) is 16.3. The largest absolute Gasteiger partial charge is 0.493 e. The van der Waals surface area contributed by atoms with Crippen LogP contribution < -0.4 is 4.74 Å². The van der Waals surface area contributed by atoms with Gasteiger partial charge in [-0.1, -0.05) is 48.5 Å². The molecular weight excluding hydrogens is 352 g/mol. The summed E-state index contributed by atoms with van der Waals surface area (Å²) in [5.74, 6) is 1.04. The van der Waals surface area contributed by atoms with Crippen LogP contribution in [0, 0.1) is 0 Å². The average molecular weight is 380 g/mol. The molecule has 0 spiro atoms. The minimum atomic E-state index is 0.0921. The maximum absolute atomic E-state index is 12.5. The van der Waals surface area contributed by atoms with Gasteiger partial charge in [0.05, 0.1) is 13.0 Å². The Labute approximate surface area is 166 Å². The molecule has 1 saturated heterocycles. The Morgan fingerprint density at radius 1 is 0.750 bits per heavy atom. The number of benzene rings is 2. The van der Waals surface area contributed by atoms with Crippen LogP contribution >= 0.6 is 0 Å². The van der Waals surface area contributed by atoms with Crippen molar-refractivity contribution in [3.05, 3.63) is 66.2 Å². The third kappa shape index (κ3) is 6.12. The highest BCUT2D eigenvalue weighted by Crippen LogP contribution is 2.11. The predicted octanol–water partition coefficient (Wildman–Crippen LogP) is 3.15. The predicted molar refractivity (Wildman–Crippen MR) is 109 cm³/mol. The second-order valence-electron chi connectivity index (χ2n) is 7.01. The monoisotopic (exact) mass is 380 g/mol. The van der Waals surface area contributed by atoms with Gasteiger partial charge in [0.15, 0.2) is 0 Å². The van der Waals surface area contributed by atoms with Crippen molar-refractivity contribution < 1.29 is 14.3 Å². The van der Waals surface area contributed by atoms with Gasteiger partial charge in [0.2, 0.25) is 11.8 Å². The van der Waals surface area contributed by atoms with Crippen LogP contribution in [0.3, 0.4) is 0 Å². The number of amides is 2. The summed E-state index contributed by atoms with van der Waals surface area (Å²) in [4.78, 5) is 28.8. The van der Waals surface area contributed by atoms with E-state index in [4.69, 9.17) is 4.74 Å². The molecule has 0 atom stereocenters. The van der Waals surface area contributed by atoms with Crippen LogP contribution in [0.25, 0.3) is 0 Å². The molecular formula is C23H28N2O3. The summed E-state index contributed by atoms with van der Waals surface area (Å²) in [5, 5.41) is 0. The summed E-state index contributed by atoms with van der Waals surface area (Å²) in [6.45, 7) is 3.00. The summed E-state index contributed by atoms with van der Waals surface area (Å²) >= 11 is 0. The molecule has 5 nitrogen and oxygen atoms in total. The van der Waals surface area contributed by atoms with Gasteiger partial charge in [-0.15, -0.1) is 0 Å². The Balaban J connectivity index is 1.39. The van der Waals surface area contributed by atoms with Crippen LogP contribution in [-0.2, 0) is 16.0 Å². The van der Waals surface area contributed by atoms with Crippen molar-refractivity contribution in [2.75, 3.05) is 32.8 Å². The van der Waals surface area contributed by atoms with Crippen molar-refractivity contribution in [1.29, 1.82) is 0 Å². The number of carbonyl (C=O) groups is 2. The van der Waals surface area contributed by atoms with Gasteiger partial charge in [-0.3, -0.25) is 9.59 Å². The third-order valence-corrected chi connectivity index (χ3v) is 5.00. The highest BCUT2D eigenvalue weighted by molar-refractivity contribution is 5.78. The van der Waals surface area contributed by atoms with Gasteiger partial charge < -0.3 is 14.5 Å². The van der Waals surface area contributed by atoms with E-state index in [1.165, 1.54) is 5.56 Å². The van der Waals surface area contributed by atoms with Crippen molar-refractivity contribution in [2.45, 2.75) is 25.7 Å². The molecule has 1 aliphatic heterocycles. The van der Waals surface area contributed by atoms with E-state index in [9.17, 15) is 9.59 Å². The fourth-order valence-electron chi connectivity index (χ4n) is 3.40. The van der Waals surface area contributed by atoms with E-state index in [-0.39, 0.29) is 11.8 Å². The van der Waals surface area contributed by atoms with E-state index in [1.54, 1.807) is 0 Å². The Hall–Kier alpha value is -2.82. The summed E-state index contributed by atoms with van der Waals surface area (Å²) in [7, 11) is 0. The summed E-state index contributed by atoms with van der Waals surface area (Å²) in [6.07, 6.45) is 2.46. The smallest absolute Gasteiger partial charge is 0.226 e. The summed E-state index contributed by atoms with van der Waals surface area (Å²) in [5.41, 5.74) is 1.18. The lowest BCUT2D eigenvalue weighted by atomic mass is 10.1. The second-order valence-corrected chi connectivity index (χ2v) is 7.01. The Kier molecular flexibility index (Phi) is 7.47. The highest BCUT2D eigenvalue weighted by Gasteiger charge is 2.21. The fraction of sp³-hybridized carbons (Fsp3) is 0.391.